The van der Waals surface area contributed by atoms with Gasteiger partial charge in [0.05, 0.1) is 18.6 Å². The Labute approximate surface area is 140 Å². The van der Waals surface area contributed by atoms with Crippen molar-refractivity contribution in [3.05, 3.63) is 36.0 Å². The molecule has 1 aromatic heterocycles. The van der Waals surface area contributed by atoms with E-state index in [1.54, 1.807) is 11.1 Å². The molecular formula is C18H22N2O4. The number of aromatic amines is 1. The van der Waals surface area contributed by atoms with Crippen molar-refractivity contribution in [2.45, 2.75) is 32.5 Å². The van der Waals surface area contributed by atoms with E-state index in [1.165, 1.54) is 0 Å². The molecule has 1 aromatic carbocycles. The van der Waals surface area contributed by atoms with Gasteiger partial charge in [0.15, 0.2) is 6.61 Å². The monoisotopic (exact) mass is 330 g/mol. The molecule has 1 aliphatic heterocycles. The highest BCUT2D eigenvalue weighted by Gasteiger charge is 2.26. The molecule has 0 saturated carbocycles. The summed E-state index contributed by atoms with van der Waals surface area (Å²) in [5.74, 6) is -0.577. The molecule has 0 radical (unpaired) electrons. The summed E-state index contributed by atoms with van der Waals surface area (Å²) in [7, 11) is 0. The normalized spacial score (nSPS) is 21.0. The second-order valence-electron chi connectivity index (χ2n) is 6.25. The van der Waals surface area contributed by atoms with Gasteiger partial charge in [0.25, 0.3) is 5.91 Å². The zero-order chi connectivity index (χ0) is 17.1. The van der Waals surface area contributed by atoms with Crippen LogP contribution in [0, 0.1) is 0 Å². The maximum absolute atomic E-state index is 12.2. The number of benzene rings is 1. The summed E-state index contributed by atoms with van der Waals surface area (Å²) >= 11 is 0. The Morgan fingerprint density at radius 2 is 1.96 bits per heavy atom. The fourth-order valence-electron chi connectivity index (χ4n) is 3.10. The number of hydrogen-bond donors (Lipinski definition) is 1. The summed E-state index contributed by atoms with van der Waals surface area (Å²) < 4.78 is 10.8. The molecule has 128 valence electrons. The number of fused-ring (bicyclic) bond motifs is 1. The van der Waals surface area contributed by atoms with Crippen LogP contribution in [0.15, 0.2) is 30.5 Å². The van der Waals surface area contributed by atoms with Crippen LogP contribution in [0.3, 0.4) is 0 Å². The molecule has 2 unspecified atom stereocenters. The minimum Gasteiger partial charge on any atom is -0.455 e. The first-order valence-corrected chi connectivity index (χ1v) is 8.17. The molecule has 1 N–H and O–H groups in total. The van der Waals surface area contributed by atoms with Crippen LogP contribution in [0.2, 0.25) is 0 Å². The van der Waals surface area contributed by atoms with Crippen LogP contribution in [-0.2, 0) is 25.5 Å². The van der Waals surface area contributed by atoms with Gasteiger partial charge in [-0.3, -0.25) is 9.59 Å². The van der Waals surface area contributed by atoms with E-state index in [4.69, 9.17) is 9.47 Å². The highest BCUT2D eigenvalue weighted by molar-refractivity contribution is 5.88. The molecule has 3 rings (SSSR count). The van der Waals surface area contributed by atoms with Gasteiger partial charge in [-0.15, -0.1) is 0 Å². The molecule has 6 heteroatoms. The molecule has 1 aliphatic rings. The summed E-state index contributed by atoms with van der Waals surface area (Å²) in [5, 5.41) is 0.997. The third-order valence-corrected chi connectivity index (χ3v) is 4.14. The predicted molar refractivity (Wildman–Crippen MR) is 89.6 cm³/mol. The highest BCUT2D eigenvalue weighted by Crippen LogP contribution is 2.18. The van der Waals surface area contributed by atoms with Crippen LogP contribution in [0.1, 0.15) is 19.4 Å². The number of nitrogens with zero attached hydrogens (tertiary/aromatic N) is 1. The number of amides is 1. The average Bonchev–Trinajstić information content (AvgIpc) is 2.95. The second-order valence-corrected chi connectivity index (χ2v) is 6.25. The van der Waals surface area contributed by atoms with Gasteiger partial charge in [0.1, 0.15) is 0 Å². The number of H-pyrrole nitrogens is 1. The van der Waals surface area contributed by atoms with Gasteiger partial charge < -0.3 is 19.4 Å². The zero-order valence-corrected chi connectivity index (χ0v) is 14.0. The third-order valence-electron chi connectivity index (χ3n) is 4.14. The largest absolute Gasteiger partial charge is 0.455 e. The Bertz CT molecular complexity index is 729. The molecule has 0 spiro atoms. The first-order valence-electron chi connectivity index (χ1n) is 8.17. The highest BCUT2D eigenvalue weighted by atomic mass is 16.5. The number of esters is 1. The van der Waals surface area contributed by atoms with E-state index in [0.717, 1.165) is 16.5 Å². The summed E-state index contributed by atoms with van der Waals surface area (Å²) in [4.78, 5) is 29.0. The van der Waals surface area contributed by atoms with Crippen LogP contribution in [-0.4, -0.2) is 53.7 Å². The zero-order valence-electron chi connectivity index (χ0n) is 14.0. The summed E-state index contributed by atoms with van der Waals surface area (Å²) in [6.45, 7) is 4.70. The van der Waals surface area contributed by atoms with E-state index in [-0.39, 0.29) is 31.1 Å². The lowest BCUT2D eigenvalue weighted by Crippen LogP contribution is -2.49. The minimum atomic E-state index is -0.401. The van der Waals surface area contributed by atoms with Crippen molar-refractivity contribution in [2.24, 2.45) is 0 Å². The lowest BCUT2D eigenvalue weighted by atomic mass is 10.1. The number of nitrogens with one attached hydrogen (secondary N) is 1. The van der Waals surface area contributed by atoms with E-state index in [2.05, 4.69) is 4.98 Å². The van der Waals surface area contributed by atoms with Gasteiger partial charge in [0, 0.05) is 30.2 Å². The van der Waals surface area contributed by atoms with Crippen molar-refractivity contribution in [2.75, 3.05) is 19.7 Å². The lowest BCUT2D eigenvalue weighted by Gasteiger charge is -2.35. The number of carbonyl (C=O) groups excluding carboxylic acids is 2. The molecular weight excluding hydrogens is 308 g/mol. The Balaban J connectivity index is 1.53. The quantitative estimate of drug-likeness (QED) is 0.869. The smallest absolute Gasteiger partial charge is 0.310 e. The number of para-hydroxylation sites is 1. The molecule has 24 heavy (non-hydrogen) atoms. The maximum atomic E-state index is 12.2. The fraction of sp³-hybridized carbons (Fsp3) is 0.444. The van der Waals surface area contributed by atoms with Crippen molar-refractivity contribution in [1.29, 1.82) is 0 Å². The number of morpholine rings is 1. The van der Waals surface area contributed by atoms with Crippen LogP contribution in [0.4, 0.5) is 0 Å². The van der Waals surface area contributed by atoms with Gasteiger partial charge in [0.2, 0.25) is 0 Å². The molecule has 2 heterocycles. The van der Waals surface area contributed by atoms with Crippen molar-refractivity contribution in [3.8, 4) is 0 Å². The van der Waals surface area contributed by atoms with E-state index >= 15 is 0 Å². The fourth-order valence-corrected chi connectivity index (χ4v) is 3.10. The van der Waals surface area contributed by atoms with Crippen molar-refractivity contribution >= 4 is 22.8 Å². The standard InChI is InChI=1S/C18H22N2O4/c1-12-9-20(10-13(2)24-12)17(21)11-23-18(22)7-14-8-19-16-6-4-3-5-15(14)16/h3-6,8,12-13,19H,7,9-11H2,1-2H3. The maximum Gasteiger partial charge on any atom is 0.310 e. The number of carbonyl (C=O) groups is 2. The van der Waals surface area contributed by atoms with Gasteiger partial charge >= 0.3 is 5.97 Å². The van der Waals surface area contributed by atoms with Gasteiger partial charge in [-0.2, -0.15) is 0 Å². The number of rotatable bonds is 4. The van der Waals surface area contributed by atoms with E-state index in [1.807, 2.05) is 38.1 Å². The summed E-state index contributed by atoms with van der Waals surface area (Å²) in [5.41, 5.74) is 1.85. The summed E-state index contributed by atoms with van der Waals surface area (Å²) in [6, 6.07) is 7.77. The Morgan fingerprint density at radius 3 is 2.71 bits per heavy atom. The van der Waals surface area contributed by atoms with E-state index in [9.17, 15) is 9.59 Å². The van der Waals surface area contributed by atoms with E-state index in [0.29, 0.717) is 13.1 Å². The number of aromatic nitrogens is 1. The van der Waals surface area contributed by atoms with Crippen LogP contribution in [0.25, 0.3) is 10.9 Å². The molecule has 0 aliphatic carbocycles. The molecule has 2 aromatic rings. The molecule has 1 amide bonds. The minimum absolute atomic E-state index is 0.000350. The van der Waals surface area contributed by atoms with E-state index < -0.39 is 5.97 Å². The van der Waals surface area contributed by atoms with Crippen LogP contribution < -0.4 is 0 Å². The summed E-state index contributed by atoms with van der Waals surface area (Å²) in [6.07, 6.45) is 1.95. The second kappa shape index (κ2) is 7.05. The van der Waals surface area contributed by atoms with Gasteiger partial charge in [-0.05, 0) is 25.5 Å². The number of ether oxygens (including phenoxy) is 2. The molecule has 6 nitrogen and oxygen atoms in total. The Morgan fingerprint density at radius 1 is 1.25 bits per heavy atom. The first-order chi connectivity index (χ1) is 11.5. The Kier molecular flexibility index (Phi) is 4.85. The van der Waals surface area contributed by atoms with Gasteiger partial charge in [-0.1, -0.05) is 18.2 Å². The van der Waals surface area contributed by atoms with Crippen LogP contribution in [0.5, 0.6) is 0 Å². The number of hydrogen-bond acceptors (Lipinski definition) is 4. The van der Waals surface area contributed by atoms with Crippen molar-refractivity contribution in [3.63, 3.8) is 0 Å². The molecule has 2 atom stereocenters. The van der Waals surface area contributed by atoms with Crippen molar-refractivity contribution < 1.29 is 19.1 Å². The van der Waals surface area contributed by atoms with Crippen LogP contribution >= 0.6 is 0 Å². The lowest BCUT2D eigenvalue weighted by molar-refractivity contribution is -0.156. The van der Waals surface area contributed by atoms with Crippen molar-refractivity contribution in [1.82, 2.24) is 9.88 Å². The molecule has 1 fully saturated rings. The molecule has 0 bridgehead atoms. The Hall–Kier alpha value is -2.34. The predicted octanol–water partition coefficient (Wildman–Crippen LogP) is 1.89. The SMILES string of the molecule is CC1CN(C(=O)COC(=O)Cc2c[nH]c3ccccc23)CC(C)O1. The molecule has 1 saturated heterocycles. The topological polar surface area (TPSA) is 71.6 Å². The van der Waals surface area contributed by atoms with Gasteiger partial charge in [-0.25, -0.2) is 0 Å². The average molecular weight is 330 g/mol. The first kappa shape index (κ1) is 16.5. The third kappa shape index (κ3) is 3.76.